The van der Waals surface area contributed by atoms with Crippen molar-refractivity contribution in [2.24, 2.45) is 5.73 Å². The van der Waals surface area contributed by atoms with Crippen molar-refractivity contribution in [1.29, 1.82) is 0 Å². The highest BCUT2D eigenvalue weighted by Gasteiger charge is 2.24. The van der Waals surface area contributed by atoms with E-state index in [1.54, 1.807) is 0 Å². The second kappa shape index (κ2) is 5.32. The van der Waals surface area contributed by atoms with Crippen molar-refractivity contribution < 1.29 is 9.53 Å². The zero-order chi connectivity index (χ0) is 10.6. The summed E-state index contributed by atoms with van der Waals surface area (Å²) in [5.74, 6) is -0.111. The SMILES string of the molecule is CCOC(=O)CC(C)N1CCC(N)C1. The molecule has 0 amide bonds. The van der Waals surface area contributed by atoms with E-state index in [9.17, 15) is 4.79 Å². The first-order chi connectivity index (χ1) is 6.63. The van der Waals surface area contributed by atoms with Gasteiger partial charge in [0.2, 0.25) is 0 Å². The number of carbonyl (C=O) groups is 1. The third kappa shape index (κ3) is 3.27. The van der Waals surface area contributed by atoms with E-state index >= 15 is 0 Å². The lowest BCUT2D eigenvalue weighted by Crippen LogP contribution is -2.35. The molecular formula is C10H20N2O2. The van der Waals surface area contributed by atoms with Crippen molar-refractivity contribution in [3.63, 3.8) is 0 Å². The number of rotatable bonds is 4. The monoisotopic (exact) mass is 200 g/mol. The molecule has 14 heavy (non-hydrogen) atoms. The first kappa shape index (κ1) is 11.5. The Hall–Kier alpha value is -0.610. The molecule has 2 atom stereocenters. The zero-order valence-electron chi connectivity index (χ0n) is 9.03. The van der Waals surface area contributed by atoms with E-state index in [1.165, 1.54) is 0 Å². The average molecular weight is 200 g/mol. The van der Waals surface area contributed by atoms with Crippen molar-refractivity contribution in [2.45, 2.75) is 38.8 Å². The predicted octanol–water partition coefficient (Wildman–Crippen LogP) is 0.361. The predicted molar refractivity (Wildman–Crippen MR) is 54.9 cm³/mol. The molecule has 0 saturated carbocycles. The maximum Gasteiger partial charge on any atom is 0.307 e. The number of nitrogens with zero attached hydrogens (tertiary/aromatic N) is 1. The Morgan fingerprint density at radius 2 is 2.43 bits per heavy atom. The zero-order valence-corrected chi connectivity index (χ0v) is 9.03. The molecule has 0 radical (unpaired) electrons. The number of esters is 1. The van der Waals surface area contributed by atoms with Gasteiger partial charge in [-0.3, -0.25) is 9.69 Å². The fraction of sp³-hybridized carbons (Fsp3) is 0.900. The lowest BCUT2D eigenvalue weighted by molar-refractivity contribution is -0.144. The number of ether oxygens (including phenoxy) is 1. The van der Waals surface area contributed by atoms with Gasteiger partial charge >= 0.3 is 5.97 Å². The van der Waals surface area contributed by atoms with Gasteiger partial charge < -0.3 is 10.5 Å². The Bertz CT molecular complexity index is 197. The van der Waals surface area contributed by atoms with Crippen molar-refractivity contribution in [2.75, 3.05) is 19.7 Å². The fourth-order valence-electron chi connectivity index (χ4n) is 1.81. The molecule has 1 fully saturated rings. The third-order valence-electron chi connectivity index (χ3n) is 2.65. The van der Waals surface area contributed by atoms with E-state index in [0.29, 0.717) is 13.0 Å². The molecule has 1 rings (SSSR count). The fourth-order valence-corrected chi connectivity index (χ4v) is 1.81. The van der Waals surface area contributed by atoms with E-state index < -0.39 is 0 Å². The van der Waals surface area contributed by atoms with Crippen molar-refractivity contribution in [3.05, 3.63) is 0 Å². The van der Waals surface area contributed by atoms with Gasteiger partial charge in [0.05, 0.1) is 13.0 Å². The van der Waals surface area contributed by atoms with Crippen LogP contribution in [0.25, 0.3) is 0 Å². The highest BCUT2D eigenvalue weighted by molar-refractivity contribution is 5.70. The number of nitrogens with two attached hydrogens (primary N) is 1. The summed E-state index contributed by atoms with van der Waals surface area (Å²) in [6, 6.07) is 0.530. The van der Waals surface area contributed by atoms with Gasteiger partial charge in [0.1, 0.15) is 0 Å². The first-order valence-electron chi connectivity index (χ1n) is 5.28. The van der Waals surface area contributed by atoms with Crippen LogP contribution in [0.4, 0.5) is 0 Å². The molecule has 2 unspecified atom stereocenters. The molecule has 0 aliphatic carbocycles. The number of hydrogen-bond donors (Lipinski definition) is 1. The molecule has 0 aromatic carbocycles. The van der Waals surface area contributed by atoms with Gasteiger partial charge in [0, 0.05) is 25.2 Å². The Balaban J connectivity index is 2.27. The van der Waals surface area contributed by atoms with E-state index in [0.717, 1.165) is 19.5 Å². The Morgan fingerprint density at radius 3 is 2.93 bits per heavy atom. The maximum atomic E-state index is 11.2. The third-order valence-corrected chi connectivity index (χ3v) is 2.65. The van der Waals surface area contributed by atoms with Crippen LogP contribution >= 0.6 is 0 Å². The van der Waals surface area contributed by atoms with Crippen molar-refractivity contribution in [1.82, 2.24) is 4.90 Å². The van der Waals surface area contributed by atoms with Gasteiger partial charge in [-0.15, -0.1) is 0 Å². The van der Waals surface area contributed by atoms with Gasteiger partial charge in [0.25, 0.3) is 0 Å². The Morgan fingerprint density at radius 1 is 1.71 bits per heavy atom. The molecule has 1 saturated heterocycles. The van der Waals surface area contributed by atoms with Crippen LogP contribution in [0, 0.1) is 0 Å². The quantitative estimate of drug-likeness (QED) is 0.666. The molecule has 1 aliphatic rings. The average Bonchev–Trinajstić information content (AvgIpc) is 2.52. The van der Waals surface area contributed by atoms with Crippen LogP contribution in [-0.2, 0) is 9.53 Å². The van der Waals surface area contributed by atoms with Crippen LogP contribution in [0.2, 0.25) is 0 Å². The second-order valence-electron chi connectivity index (χ2n) is 3.90. The highest BCUT2D eigenvalue weighted by atomic mass is 16.5. The number of carbonyl (C=O) groups excluding carboxylic acids is 1. The Kier molecular flexibility index (Phi) is 4.35. The van der Waals surface area contributed by atoms with E-state index in [-0.39, 0.29) is 18.1 Å². The molecule has 2 N–H and O–H groups in total. The van der Waals surface area contributed by atoms with Crippen LogP contribution in [-0.4, -0.2) is 42.6 Å². The minimum absolute atomic E-state index is 0.111. The normalized spacial score (nSPS) is 24.9. The van der Waals surface area contributed by atoms with Crippen LogP contribution in [0.3, 0.4) is 0 Å². The second-order valence-corrected chi connectivity index (χ2v) is 3.90. The molecule has 0 aromatic rings. The standard InChI is InChI=1S/C10H20N2O2/c1-3-14-10(13)6-8(2)12-5-4-9(11)7-12/h8-9H,3-7,11H2,1-2H3. The molecule has 1 aliphatic heterocycles. The lowest BCUT2D eigenvalue weighted by atomic mass is 10.2. The van der Waals surface area contributed by atoms with E-state index in [2.05, 4.69) is 11.8 Å². The molecule has 0 bridgehead atoms. The van der Waals surface area contributed by atoms with Gasteiger partial charge in [-0.05, 0) is 20.3 Å². The van der Waals surface area contributed by atoms with Crippen LogP contribution < -0.4 is 5.73 Å². The molecule has 4 nitrogen and oxygen atoms in total. The van der Waals surface area contributed by atoms with Gasteiger partial charge in [-0.1, -0.05) is 0 Å². The molecular weight excluding hydrogens is 180 g/mol. The summed E-state index contributed by atoms with van der Waals surface area (Å²) in [5.41, 5.74) is 5.79. The summed E-state index contributed by atoms with van der Waals surface area (Å²) in [5, 5.41) is 0. The molecule has 82 valence electrons. The summed E-state index contributed by atoms with van der Waals surface area (Å²) in [4.78, 5) is 13.5. The first-order valence-corrected chi connectivity index (χ1v) is 5.28. The lowest BCUT2D eigenvalue weighted by Gasteiger charge is -2.22. The van der Waals surface area contributed by atoms with Crippen LogP contribution in [0.1, 0.15) is 26.7 Å². The van der Waals surface area contributed by atoms with Crippen molar-refractivity contribution in [3.8, 4) is 0 Å². The summed E-state index contributed by atoms with van der Waals surface area (Å²) < 4.78 is 4.90. The topological polar surface area (TPSA) is 55.6 Å². The number of hydrogen-bond acceptors (Lipinski definition) is 4. The molecule has 0 aromatic heterocycles. The van der Waals surface area contributed by atoms with Crippen molar-refractivity contribution >= 4 is 5.97 Å². The van der Waals surface area contributed by atoms with Gasteiger partial charge in [-0.25, -0.2) is 0 Å². The highest BCUT2D eigenvalue weighted by Crippen LogP contribution is 2.13. The van der Waals surface area contributed by atoms with Crippen LogP contribution in [0.5, 0.6) is 0 Å². The Labute approximate surface area is 85.4 Å². The van der Waals surface area contributed by atoms with Gasteiger partial charge in [-0.2, -0.15) is 0 Å². The summed E-state index contributed by atoms with van der Waals surface area (Å²) in [6.45, 7) is 6.25. The largest absolute Gasteiger partial charge is 0.466 e. The summed E-state index contributed by atoms with van der Waals surface area (Å²) in [6.07, 6.45) is 1.51. The molecule has 0 spiro atoms. The van der Waals surface area contributed by atoms with E-state index in [1.807, 2.05) is 6.92 Å². The maximum absolute atomic E-state index is 11.2. The summed E-state index contributed by atoms with van der Waals surface area (Å²) in [7, 11) is 0. The molecule has 4 heteroatoms. The smallest absolute Gasteiger partial charge is 0.307 e. The van der Waals surface area contributed by atoms with E-state index in [4.69, 9.17) is 10.5 Å². The minimum Gasteiger partial charge on any atom is -0.466 e. The number of likely N-dealkylation sites (tertiary alicyclic amines) is 1. The van der Waals surface area contributed by atoms with Gasteiger partial charge in [0.15, 0.2) is 0 Å². The summed E-state index contributed by atoms with van der Waals surface area (Å²) >= 11 is 0. The minimum atomic E-state index is -0.111. The van der Waals surface area contributed by atoms with Crippen LogP contribution in [0.15, 0.2) is 0 Å². The molecule has 1 heterocycles.